The fourth-order valence-electron chi connectivity index (χ4n) is 2.06. The van der Waals surface area contributed by atoms with Crippen molar-refractivity contribution in [3.8, 4) is 11.3 Å². The summed E-state index contributed by atoms with van der Waals surface area (Å²) in [5.74, 6) is 0.0222. The molecule has 1 heterocycles. The SMILES string of the molecule is CC(=O)NC(C)CCc1ccc(-c2csc(N)n2)cc1. The lowest BCUT2D eigenvalue weighted by Gasteiger charge is -2.12. The van der Waals surface area contributed by atoms with Gasteiger partial charge in [-0.25, -0.2) is 4.98 Å². The smallest absolute Gasteiger partial charge is 0.217 e. The van der Waals surface area contributed by atoms with Gasteiger partial charge in [-0.3, -0.25) is 4.79 Å². The van der Waals surface area contributed by atoms with E-state index in [0.29, 0.717) is 5.13 Å². The second kappa shape index (κ2) is 6.52. The monoisotopic (exact) mass is 289 g/mol. The Hall–Kier alpha value is -1.88. The molecule has 0 aliphatic heterocycles. The fourth-order valence-corrected chi connectivity index (χ4v) is 2.64. The Morgan fingerprint density at radius 1 is 1.40 bits per heavy atom. The number of hydrogen-bond acceptors (Lipinski definition) is 4. The summed E-state index contributed by atoms with van der Waals surface area (Å²) in [6.45, 7) is 3.57. The highest BCUT2D eigenvalue weighted by Gasteiger charge is 2.05. The molecule has 0 saturated heterocycles. The minimum atomic E-state index is 0.0222. The number of thiazole rings is 1. The number of nitrogens with one attached hydrogen (secondary N) is 1. The molecular formula is C15H19N3OS. The van der Waals surface area contributed by atoms with Crippen LogP contribution in [0.5, 0.6) is 0 Å². The van der Waals surface area contributed by atoms with Gasteiger partial charge in [0, 0.05) is 23.9 Å². The standard InChI is InChI=1S/C15H19N3OS/c1-10(17-11(2)19)3-4-12-5-7-13(8-6-12)14-9-20-15(16)18-14/h5-10H,3-4H2,1-2H3,(H2,16,18)(H,17,19). The number of nitrogens with zero attached hydrogens (tertiary/aromatic N) is 1. The van der Waals surface area contributed by atoms with Crippen molar-refractivity contribution in [1.29, 1.82) is 0 Å². The molecular weight excluding hydrogens is 270 g/mol. The predicted molar refractivity (Wildman–Crippen MR) is 83.6 cm³/mol. The van der Waals surface area contributed by atoms with E-state index >= 15 is 0 Å². The summed E-state index contributed by atoms with van der Waals surface area (Å²) in [7, 11) is 0. The molecule has 0 aliphatic rings. The van der Waals surface area contributed by atoms with Crippen LogP contribution in [0.3, 0.4) is 0 Å². The summed E-state index contributed by atoms with van der Waals surface area (Å²) in [5.41, 5.74) is 8.90. The lowest BCUT2D eigenvalue weighted by Crippen LogP contribution is -2.30. The van der Waals surface area contributed by atoms with Crippen LogP contribution in [-0.4, -0.2) is 16.9 Å². The quantitative estimate of drug-likeness (QED) is 0.889. The number of nitrogen functional groups attached to an aromatic ring is 1. The Bertz CT molecular complexity index is 577. The summed E-state index contributed by atoms with van der Waals surface area (Å²) < 4.78 is 0. The molecule has 1 atom stereocenters. The Balaban J connectivity index is 1.93. The Morgan fingerprint density at radius 2 is 2.10 bits per heavy atom. The molecule has 0 radical (unpaired) electrons. The van der Waals surface area contributed by atoms with Gasteiger partial charge in [-0.15, -0.1) is 11.3 Å². The van der Waals surface area contributed by atoms with Gasteiger partial charge in [-0.05, 0) is 25.3 Å². The third-order valence-electron chi connectivity index (χ3n) is 3.09. The first kappa shape index (κ1) is 14.5. The molecule has 0 spiro atoms. The van der Waals surface area contributed by atoms with Crippen LogP contribution in [0.4, 0.5) is 5.13 Å². The minimum Gasteiger partial charge on any atom is -0.375 e. The number of carbonyl (C=O) groups excluding carboxylic acids is 1. The highest BCUT2D eigenvalue weighted by molar-refractivity contribution is 7.13. The van der Waals surface area contributed by atoms with E-state index in [4.69, 9.17) is 5.73 Å². The summed E-state index contributed by atoms with van der Waals surface area (Å²) in [6, 6.07) is 8.53. The first-order chi connectivity index (χ1) is 9.54. The van der Waals surface area contributed by atoms with E-state index in [9.17, 15) is 4.79 Å². The van der Waals surface area contributed by atoms with Gasteiger partial charge in [-0.2, -0.15) is 0 Å². The first-order valence-corrected chi connectivity index (χ1v) is 7.50. The maximum Gasteiger partial charge on any atom is 0.217 e. The summed E-state index contributed by atoms with van der Waals surface area (Å²) in [5, 5.41) is 5.44. The zero-order valence-corrected chi connectivity index (χ0v) is 12.5. The maximum absolute atomic E-state index is 10.9. The largest absolute Gasteiger partial charge is 0.375 e. The number of hydrogen-bond donors (Lipinski definition) is 2. The Morgan fingerprint density at radius 3 is 2.65 bits per heavy atom. The van der Waals surface area contributed by atoms with E-state index < -0.39 is 0 Å². The average Bonchev–Trinajstić information content (AvgIpc) is 2.83. The van der Waals surface area contributed by atoms with Crippen LogP contribution in [0.2, 0.25) is 0 Å². The topological polar surface area (TPSA) is 68.0 Å². The van der Waals surface area contributed by atoms with Crippen molar-refractivity contribution in [3.63, 3.8) is 0 Å². The van der Waals surface area contributed by atoms with Crippen molar-refractivity contribution < 1.29 is 4.79 Å². The van der Waals surface area contributed by atoms with E-state index in [-0.39, 0.29) is 11.9 Å². The van der Waals surface area contributed by atoms with Gasteiger partial charge in [0.1, 0.15) is 0 Å². The molecule has 0 saturated carbocycles. The summed E-state index contributed by atoms with van der Waals surface area (Å²) in [4.78, 5) is 15.2. The molecule has 2 aromatic rings. The van der Waals surface area contributed by atoms with E-state index in [1.165, 1.54) is 16.9 Å². The molecule has 1 aromatic carbocycles. The van der Waals surface area contributed by atoms with E-state index in [2.05, 4.69) is 34.6 Å². The molecule has 2 rings (SSSR count). The second-order valence-corrected chi connectivity index (χ2v) is 5.80. The molecule has 1 aromatic heterocycles. The number of benzene rings is 1. The van der Waals surface area contributed by atoms with Crippen molar-refractivity contribution in [2.75, 3.05) is 5.73 Å². The molecule has 1 unspecified atom stereocenters. The van der Waals surface area contributed by atoms with Crippen LogP contribution in [0.15, 0.2) is 29.6 Å². The number of rotatable bonds is 5. The number of anilines is 1. The minimum absolute atomic E-state index is 0.0222. The number of nitrogens with two attached hydrogens (primary N) is 1. The van der Waals surface area contributed by atoms with Crippen LogP contribution in [0, 0.1) is 0 Å². The van der Waals surface area contributed by atoms with E-state index in [1.807, 2.05) is 12.3 Å². The summed E-state index contributed by atoms with van der Waals surface area (Å²) >= 11 is 1.45. The normalized spacial score (nSPS) is 12.1. The van der Waals surface area contributed by atoms with Crippen molar-refractivity contribution in [2.45, 2.75) is 32.7 Å². The Labute approximate surface area is 123 Å². The molecule has 5 heteroatoms. The van der Waals surface area contributed by atoms with Gasteiger partial charge in [0.25, 0.3) is 0 Å². The molecule has 3 N–H and O–H groups in total. The van der Waals surface area contributed by atoms with Crippen LogP contribution >= 0.6 is 11.3 Å². The number of aryl methyl sites for hydroxylation is 1. The van der Waals surface area contributed by atoms with Gasteiger partial charge in [0.2, 0.25) is 5.91 Å². The molecule has 0 bridgehead atoms. The van der Waals surface area contributed by atoms with Crippen molar-refractivity contribution in [2.24, 2.45) is 0 Å². The average molecular weight is 289 g/mol. The van der Waals surface area contributed by atoms with Crippen LogP contribution in [-0.2, 0) is 11.2 Å². The van der Waals surface area contributed by atoms with Gasteiger partial charge < -0.3 is 11.1 Å². The Kier molecular flexibility index (Phi) is 4.74. The lowest BCUT2D eigenvalue weighted by atomic mass is 10.0. The zero-order valence-electron chi connectivity index (χ0n) is 11.7. The van der Waals surface area contributed by atoms with Crippen LogP contribution < -0.4 is 11.1 Å². The van der Waals surface area contributed by atoms with Crippen LogP contribution in [0.25, 0.3) is 11.3 Å². The van der Waals surface area contributed by atoms with Crippen molar-refractivity contribution in [3.05, 3.63) is 35.2 Å². The highest BCUT2D eigenvalue weighted by Crippen LogP contribution is 2.23. The molecule has 0 aliphatic carbocycles. The molecule has 4 nitrogen and oxygen atoms in total. The molecule has 1 amide bonds. The number of aromatic nitrogens is 1. The van der Waals surface area contributed by atoms with E-state index in [0.717, 1.165) is 24.1 Å². The highest BCUT2D eigenvalue weighted by atomic mass is 32.1. The molecule has 0 fully saturated rings. The second-order valence-electron chi connectivity index (χ2n) is 4.91. The van der Waals surface area contributed by atoms with Crippen molar-refractivity contribution >= 4 is 22.4 Å². The van der Waals surface area contributed by atoms with E-state index in [1.54, 1.807) is 6.92 Å². The summed E-state index contributed by atoms with van der Waals surface area (Å²) in [6.07, 6.45) is 1.88. The first-order valence-electron chi connectivity index (χ1n) is 6.62. The number of carbonyl (C=O) groups is 1. The van der Waals surface area contributed by atoms with Gasteiger partial charge in [-0.1, -0.05) is 24.3 Å². The third-order valence-corrected chi connectivity index (χ3v) is 3.76. The zero-order chi connectivity index (χ0) is 14.5. The van der Waals surface area contributed by atoms with Gasteiger partial charge >= 0.3 is 0 Å². The van der Waals surface area contributed by atoms with Crippen molar-refractivity contribution in [1.82, 2.24) is 10.3 Å². The van der Waals surface area contributed by atoms with Crippen LogP contribution in [0.1, 0.15) is 25.8 Å². The molecule has 106 valence electrons. The fraction of sp³-hybridized carbons (Fsp3) is 0.333. The maximum atomic E-state index is 10.9. The lowest BCUT2D eigenvalue weighted by molar-refractivity contribution is -0.119. The third kappa shape index (κ3) is 4.06. The van der Waals surface area contributed by atoms with Gasteiger partial charge in [0.15, 0.2) is 5.13 Å². The molecule has 20 heavy (non-hydrogen) atoms. The number of amides is 1. The predicted octanol–water partition coefficient (Wildman–Crippen LogP) is 2.85. The van der Waals surface area contributed by atoms with Gasteiger partial charge in [0.05, 0.1) is 5.69 Å².